The minimum atomic E-state index is -4.51. The summed E-state index contributed by atoms with van der Waals surface area (Å²) in [5.74, 6) is -0.0142. The summed E-state index contributed by atoms with van der Waals surface area (Å²) in [6.07, 6.45) is -4.51. The van der Waals surface area contributed by atoms with Crippen LogP contribution in [-0.2, 0) is 15.8 Å². The van der Waals surface area contributed by atoms with E-state index in [1.807, 2.05) is 13.8 Å². The molecule has 0 atom stereocenters. The van der Waals surface area contributed by atoms with Gasteiger partial charge in [0.25, 0.3) is 11.8 Å². The number of carbonyl (C=O) groups is 2. The molecule has 1 aromatic carbocycles. The number of carbonyl (C=O) groups excluding carboxylic acids is 2. The average Bonchev–Trinajstić information content (AvgIpc) is 2.61. The van der Waals surface area contributed by atoms with Crippen molar-refractivity contribution < 1.29 is 32.6 Å². The van der Waals surface area contributed by atoms with Gasteiger partial charge >= 0.3 is 6.18 Å². The van der Waals surface area contributed by atoms with Crippen molar-refractivity contribution in [3.63, 3.8) is 0 Å². The maximum absolute atomic E-state index is 13.0. The number of amides is 2. The third kappa shape index (κ3) is 7.12. The Bertz CT molecular complexity index is 671. The number of rotatable bonds is 7. The molecule has 1 aromatic rings. The van der Waals surface area contributed by atoms with Crippen LogP contribution in [0, 0.1) is 5.92 Å². The van der Waals surface area contributed by atoms with Gasteiger partial charge in [-0.1, -0.05) is 26.0 Å². The Morgan fingerprint density at radius 1 is 1.00 bits per heavy atom. The van der Waals surface area contributed by atoms with Gasteiger partial charge in [-0.2, -0.15) is 13.2 Å². The molecule has 6 nitrogen and oxygen atoms in total. The molecule has 0 aromatic heterocycles. The molecule has 2 amide bonds. The van der Waals surface area contributed by atoms with E-state index in [1.54, 1.807) is 0 Å². The topological polar surface area (TPSA) is 67.1 Å². The van der Waals surface area contributed by atoms with E-state index in [0.29, 0.717) is 32.1 Å². The molecule has 1 fully saturated rings. The van der Waals surface area contributed by atoms with Crippen LogP contribution in [0.15, 0.2) is 24.3 Å². The maximum Gasteiger partial charge on any atom is 0.418 e. The van der Waals surface area contributed by atoms with Crippen LogP contribution in [0.25, 0.3) is 0 Å². The molecule has 1 heterocycles. The number of benzene rings is 1. The van der Waals surface area contributed by atoms with Gasteiger partial charge in [0.2, 0.25) is 0 Å². The van der Waals surface area contributed by atoms with Crippen molar-refractivity contribution in [2.75, 3.05) is 51.1 Å². The number of alkyl halides is 3. The van der Waals surface area contributed by atoms with Crippen LogP contribution in [0.3, 0.4) is 0 Å². The fourth-order valence-electron chi connectivity index (χ4n) is 3.18. The highest BCUT2D eigenvalue weighted by Gasteiger charge is 2.34. The molecule has 156 valence electrons. The molecule has 0 spiro atoms. The summed E-state index contributed by atoms with van der Waals surface area (Å²) in [4.78, 5) is 26.3. The van der Waals surface area contributed by atoms with Gasteiger partial charge in [-0.15, -0.1) is 0 Å². The summed E-state index contributed by atoms with van der Waals surface area (Å²) >= 11 is 0. The lowest BCUT2D eigenvalue weighted by molar-refractivity contribution is -1.00. The van der Waals surface area contributed by atoms with Crippen molar-refractivity contribution in [3.05, 3.63) is 29.8 Å². The zero-order chi connectivity index (χ0) is 20.7. The molecule has 4 N–H and O–H groups in total. The molecule has 0 radical (unpaired) electrons. The third-order valence-corrected chi connectivity index (χ3v) is 4.70. The standard InChI is InChI=1S/C19H27F3N4O2/c1-14(2)11-23-17(27)12-25-7-9-26(10-8-25)13-18(28)24-16-6-4-3-5-15(16)19(20,21)22/h3-6,14H,7-13H2,1-2H3,(H,23,27)(H,24,28)/p+2. The zero-order valence-corrected chi connectivity index (χ0v) is 16.3. The Labute approximate surface area is 163 Å². The van der Waals surface area contributed by atoms with Gasteiger partial charge in [-0.25, -0.2) is 0 Å². The van der Waals surface area contributed by atoms with Crippen LogP contribution in [0.5, 0.6) is 0 Å². The van der Waals surface area contributed by atoms with E-state index in [0.717, 1.165) is 29.0 Å². The number of anilines is 1. The fourth-order valence-corrected chi connectivity index (χ4v) is 3.18. The summed E-state index contributed by atoms with van der Waals surface area (Å²) in [5.41, 5.74) is -1.06. The van der Waals surface area contributed by atoms with E-state index in [9.17, 15) is 22.8 Å². The van der Waals surface area contributed by atoms with Crippen molar-refractivity contribution in [1.82, 2.24) is 5.32 Å². The van der Waals surface area contributed by atoms with Crippen LogP contribution in [0.2, 0.25) is 0 Å². The van der Waals surface area contributed by atoms with Gasteiger partial charge < -0.3 is 20.4 Å². The van der Waals surface area contributed by atoms with Crippen LogP contribution in [0.4, 0.5) is 18.9 Å². The van der Waals surface area contributed by atoms with Crippen LogP contribution >= 0.6 is 0 Å². The van der Waals surface area contributed by atoms with Gasteiger partial charge in [0.15, 0.2) is 13.1 Å². The quantitative estimate of drug-likeness (QED) is 0.483. The highest BCUT2D eigenvalue weighted by molar-refractivity contribution is 5.92. The van der Waals surface area contributed by atoms with E-state index in [4.69, 9.17) is 0 Å². The van der Waals surface area contributed by atoms with E-state index in [1.165, 1.54) is 18.2 Å². The van der Waals surface area contributed by atoms with Gasteiger partial charge in [0.05, 0.1) is 11.3 Å². The molecule has 0 bridgehead atoms. The Kier molecular flexibility index (Phi) is 7.82. The van der Waals surface area contributed by atoms with Crippen molar-refractivity contribution in [2.45, 2.75) is 20.0 Å². The normalized spacial score (nSPS) is 20.1. The highest BCUT2D eigenvalue weighted by Crippen LogP contribution is 2.34. The van der Waals surface area contributed by atoms with Crippen LogP contribution in [0.1, 0.15) is 19.4 Å². The second-order valence-electron chi connectivity index (χ2n) is 7.64. The molecular weight excluding hydrogens is 373 g/mol. The number of hydrogen-bond donors (Lipinski definition) is 4. The molecule has 2 rings (SSSR count). The smallest absolute Gasteiger partial charge is 0.351 e. The minimum absolute atomic E-state index is 0.0219. The minimum Gasteiger partial charge on any atom is -0.351 e. The molecular formula is C19H29F3N4O2+2. The Morgan fingerprint density at radius 2 is 1.54 bits per heavy atom. The number of nitrogens with one attached hydrogen (secondary N) is 4. The van der Waals surface area contributed by atoms with E-state index in [2.05, 4.69) is 10.6 Å². The van der Waals surface area contributed by atoms with E-state index >= 15 is 0 Å². The third-order valence-electron chi connectivity index (χ3n) is 4.70. The first kappa shape index (κ1) is 22.2. The lowest BCUT2D eigenvalue weighted by Crippen LogP contribution is -3.28. The maximum atomic E-state index is 13.0. The van der Waals surface area contributed by atoms with Crippen molar-refractivity contribution in [1.29, 1.82) is 0 Å². The van der Waals surface area contributed by atoms with Gasteiger partial charge in [-0.05, 0) is 18.1 Å². The molecule has 9 heteroatoms. The van der Waals surface area contributed by atoms with Crippen molar-refractivity contribution in [3.8, 4) is 0 Å². The summed E-state index contributed by atoms with van der Waals surface area (Å²) in [6.45, 7) is 8.13. The lowest BCUT2D eigenvalue weighted by Gasteiger charge is -2.29. The Morgan fingerprint density at radius 3 is 2.07 bits per heavy atom. The zero-order valence-electron chi connectivity index (χ0n) is 16.3. The molecule has 28 heavy (non-hydrogen) atoms. The lowest BCUT2D eigenvalue weighted by atomic mass is 10.1. The fraction of sp³-hybridized carbons (Fsp3) is 0.579. The van der Waals surface area contributed by atoms with Crippen LogP contribution in [-0.4, -0.2) is 57.6 Å². The predicted octanol–water partition coefficient (Wildman–Crippen LogP) is -0.800. The van der Waals surface area contributed by atoms with Gasteiger partial charge in [0.1, 0.15) is 26.2 Å². The largest absolute Gasteiger partial charge is 0.418 e. The van der Waals surface area contributed by atoms with E-state index in [-0.39, 0.29) is 18.1 Å². The monoisotopic (exact) mass is 402 g/mol. The SMILES string of the molecule is CC(C)CNC(=O)C[NH+]1CC[NH+](CC(=O)Nc2ccccc2C(F)(F)F)CC1. The summed E-state index contributed by atoms with van der Waals surface area (Å²) in [6, 6.07) is 4.97. The first-order chi connectivity index (χ1) is 13.1. The number of quaternary nitrogens is 2. The molecule has 1 aliphatic heterocycles. The second-order valence-corrected chi connectivity index (χ2v) is 7.64. The first-order valence-electron chi connectivity index (χ1n) is 9.55. The number of piperazine rings is 1. The van der Waals surface area contributed by atoms with E-state index < -0.39 is 17.6 Å². The van der Waals surface area contributed by atoms with Crippen LogP contribution < -0.4 is 20.4 Å². The molecule has 0 aliphatic carbocycles. The highest BCUT2D eigenvalue weighted by atomic mass is 19.4. The Balaban J connectivity index is 1.78. The molecule has 0 unspecified atom stereocenters. The summed E-state index contributed by atoms with van der Waals surface area (Å²) in [5, 5.41) is 5.28. The molecule has 1 saturated heterocycles. The molecule has 1 aliphatic rings. The number of para-hydroxylation sites is 1. The Hall–Kier alpha value is -2.13. The number of halogens is 3. The first-order valence-corrected chi connectivity index (χ1v) is 9.55. The van der Waals surface area contributed by atoms with Gasteiger partial charge in [-0.3, -0.25) is 9.59 Å². The second kappa shape index (κ2) is 9.88. The van der Waals surface area contributed by atoms with Crippen molar-refractivity contribution in [2.24, 2.45) is 5.92 Å². The molecule has 0 saturated carbocycles. The van der Waals surface area contributed by atoms with Crippen molar-refractivity contribution >= 4 is 17.5 Å². The summed E-state index contributed by atoms with van der Waals surface area (Å²) < 4.78 is 39.0. The average molecular weight is 402 g/mol. The summed E-state index contributed by atoms with van der Waals surface area (Å²) in [7, 11) is 0. The number of hydrogen-bond acceptors (Lipinski definition) is 2. The predicted molar refractivity (Wildman–Crippen MR) is 99.0 cm³/mol. The van der Waals surface area contributed by atoms with Gasteiger partial charge in [0, 0.05) is 6.54 Å².